The number of nitrogens with one attached hydrogen (secondary N) is 1. The minimum atomic E-state index is 0.857. The number of hydrogen-bond acceptors (Lipinski definition) is 2. The molecule has 2 atom stereocenters. The Morgan fingerprint density at radius 3 is 2.75 bits per heavy atom. The van der Waals surface area contributed by atoms with E-state index in [-0.39, 0.29) is 0 Å². The lowest BCUT2D eigenvalue weighted by molar-refractivity contribution is 0.272. The highest BCUT2D eigenvalue weighted by atomic mass is 16.5. The summed E-state index contributed by atoms with van der Waals surface area (Å²) < 4.78 is 5.78. The number of hydrogen-bond donors (Lipinski definition) is 1. The summed E-state index contributed by atoms with van der Waals surface area (Å²) in [6.45, 7) is 5.48. The van der Waals surface area contributed by atoms with Crippen LogP contribution in [0.2, 0.25) is 0 Å². The summed E-state index contributed by atoms with van der Waals surface area (Å²) in [7, 11) is 0. The van der Waals surface area contributed by atoms with Gasteiger partial charge in [0.25, 0.3) is 0 Å². The molecule has 0 amide bonds. The van der Waals surface area contributed by atoms with Crippen LogP contribution in [0.5, 0.6) is 5.75 Å². The normalized spacial score (nSPS) is 22.1. The third kappa shape index (κ3) is 5.16. The number of benzene rings is 1. The molecule has 0 bridgehead atoms. The van der Waals surface area contributed by atoms with Crippen molar-refractivity contribution >= 4 is 0 Å². The Balaban J connectivity index is 1.60. The lowest BCUT2D eigenvalue weighted by Gasteiger charge is -2.20. The summed E-state index contributed by atoms with van der Waals surface area (Å²) in [6, 6.07) is 10.2. The first kappa shape index (κ1) is 15.4. The van der Waals surface area contributed by atoms with Crippen LogP contribution in [-0.2, 0) is 0 Å². The van der Waals surface area contributed by atoms with Crippen molar-refractivity contribution in [2.75, 3.05) is 19.7 Å². The fraction of sp³-hybridized carbons (Fsp3) is 0.667. The number of para-hydroxylation sites is 1. The first-order valence-electron chi connectivity index (χ1n) is 8.28. The van der Waals surface area contributed by atoms with E-state index in [0.29, 0.717) is 0 Å². The van der Waals surface area contributed by atoms with Crippen LogP contribution in [-0.4, -0.2) is 19.7 Å². The molecule has 1 fully saturated rings. The number of rotatable bonds is 9. The molecule has 2 rings (SSSR count). The van der Waals surface area contributed by atoms with Gasteiger partial charge in [-0.15, -0.1) is 0 Å². The molecule has 0 heterocycles. The maximum atomic E-state index is 5.78. The first-order valence-corrected chi connectivity index (χ1v) is 8.28. The highest BCUT2D eigenvalue weighted by molar-refractivity contribution is 5.20. The Morgan fingerprint density at radius 2 is 1.95 bits per heavy atom. The van der Waals surface area contributed by atoms with Crippen LogP contribution in [0.1, 0.15) is 45.4 Å². The van der Waals surface area contributed by atoms with Crippen LogP contribution >= 0.6 is 0 Å². The van der Waals surface area contributed by atoms with Crippen molar-refractivity contribution < 1.29 is 4.74 Å². The quantitative estimate of drug-likeness (QED) is 0.680. The number of ether oxygens (including phenoxy) is 1. The molecule has 1 aromatic rings. The van der Waals surface area contributed by atoms with Crippen LogP contribution in [0.25, 0.3) is 0 Å². The summed E-state index contributed by atoms with van der Waals surface area (Å²) in [6.07, 6.45) is 8.00. The lowest BCUT2D eigenvalue weighted by atomic mass is 9.91. The van der Waals surface area contributed by atoms with Gasteiger partial charge in [0, 0.05) is 0 Å². The predicted octanol–water partition coefficient (Wildman–Crippen LogP) is 4.26. The average Bonchev–Trinajstić information content (AvgIpc) is 2.93. The molecule has 20 heavy (non-hydrogen) atoms. The summed E-state index contributed by atoms with van der Waals surface area (Å²) in [5, 5.41) is 3.59. The predicted molar refractivity (Wildman–Crippen MR) is 85.2 cm³/mol. The van der Waals surface area contributed by atoms with E-state index in [1.54, 1.807) is 0 Å². The van der Waals surface area contributed by atoms with Crippen molar-refractivity contribution in [3.05, 3.63) is 30.3 Å². The van der Waals surface area contributed by atoms with Gasteiger partial charge in [0.2, 0.25) is 0 Å². The summed E-state index contributed by atoms with van der Waals surface area (Å²) in [4.78, 5) is 0. The molecule has 0 saturated heterocycles. The Morgan fingerprint density at radius 1 is 1.15 bits per heavy atom. The van der Waals surface area contributed by atoms with Gasteiger partial charge in [-0.05, 0) is 62.7 Å². The molecule has 0 aromatic heterocycles. The van der Waals surface area contributed by atoms with Gasteiger partial charge in [-0.25, -0.2) is 0 Å². The van der Waals surface area contributed by atoms with E-state index in [4.69, 9.17) is 4.74 Å². The molecule has 0 spiro atoms. The van der Waals surface area contributed by atoms with Crippen LogP contribution in [0.15, 0.2) is 30.3 Å². The summed E-state index contributed by atoms with van der Waals surface area (Å²) >= 11 is 0. The molecule has 1 aliphatic carbocycles. The molecule has 2 nitrogen and oxygen atoms in total. The second-order valence-corrected chi connectivity index (χ2v) is 5.96. The average molecular weight is 275 g/mol. The molecule has 0 aliphatic heterocycles. The Bertz CT molecular complexity index is 352. The fourth-order valence-corrected chi connectivity index (χ4v) is 3.28. The molecule has 112 valence electrons. The van der Waals surface area contributed by atoms with Crippen molar-refractivity contribution in [2.45, 2.75) is 45.4 Å². The minimum Gasteiger partial charge on any atom is -0.494 e. The molecule has 2 heteroatoms. The molecular formula is C18H29NO. The van der Waals surface area contributed by atoms with Gasteiger partial charge in [0.05, 0.1) is 6.61 Å². The maximum Gasteiger partial charge on any atom is 0.119 e. The van der Waals surface area contributed by atoms with E-state index >= 15 is 0 Å². The van der Waals surface area contributed by atoms with E-state index in [9.17, 15) is 0 Å². The van der Waals surface area contributed by atoms with Crippen LogP contribution in [0, 0.1) is 11.8 Å². The van der Waals surface area contributed by atoms with E-state index < -0.39 is 0 Å². The fourth-order valence-electron chi connectivity index (χ4n) is 3.28. The Labute approximate surface area is 123 Å². The van der Waals surface area contributed by atoms with Crippen molar-refractivity contribution in [3.8, 4) is 5.75 Å². The van der Waals surface area contributed by atoms with Crippen molar-refractivity contribution in [3.63, 3.8) is 0 Å². The van der Waals surface area contributed by atoms with Crippen LogP contribution in [0.4, 0.5) is 0 Å². The lowest BCUT2D eigenvalue weighted by Crippen LogP contribution is -2.26. The molecule has 0 radical (unpaired) electrons. The zero-order valence-corrected chi connectivity index (χ0v) is 12.8. The zero-order chi connectivity index (χ0) is 14.0. The molecule has 1 aliphatic rings. The van der Waals surface area contributed by atoms with E-state index in [2.05, 4.69) is 12.2 Å². The van der Waals surface area contributed by atoms with Crippen molar-refractivity contribution in [2.24, 2.45) is 11.8 Å². The highest BCUT2D eigenvalue weighted by Crippen LogP contribution is 2.34. The SMILES string of the molecule is CCCNCC1CCCC1CCCOc1ccccc1. The third-order valence-corrected chi connectivity index (χ3v) is 4.38. The van der Waals surface area contributed by atoms with Crippen LogP contribution in [0.3, 0.4) is 0 Å². The standard InChI is InChI=1S/C18H29NO/c1-2-13-19-15-17-9-6-8-16(17)10-7-14-20-18-11-4-3-5-12-18/h3-5,11-12,16-17,19H,2,6-10,13-15H2,1H3. The maximum absolute atomic E-state index is 5.78. The highest BCUT2D eigenvalue weighted by Gasteiger charge is 2.26. The summed E-state index contributed by atoms with van der Waals surface area (Å²) in [5.74, 6) is 2.82. The van der Waals surface area contributed by atoms with Gasteiger partial charge in [-0.1, -0.05) is 38.0 Å². The van der Waals surface area contributed by atoms with Gasteiger partial charge in [-0.2, -0.15) is 0 Å². The molecule has 1 N–H and O–H groups in total. The van der Waals surface area contributed by atoms with Crippen molar-refractivity contribution in [1.82, 2.24) is 5.32 Å². The Hall–Kier alpha value is -1.02. The van der Waals surface area contributed by atoms with Gasteiger partial charge in [0.15, 0.2) is 0 Å². The Kier molecular flexibility index (Phi) is 6.93. The van der Waals surface area contributed by atoms with Crippen LogP contribution < -0.4 is 10.1 Å². The smallest absolute Gasteiger partial charge is 0.119 e. The van der Waals surface area contributed by atoms with Gasteiger partial charge in [-0.3, -0.25) is 0 Å². The van der Waals surface area contributed by atoms with Gasteiger partial charge < -0.3 is 10.1 Å². The zero-order valence-electron chi connectivity index (χ0n) is 12.8. The minimum absolute atomic E-state index is 0.857. The molecular weight excluding hydrogens is 246 g/mol. The third-order valence-electron chi connectivity index (χ3n) is 4.38. The molecule has 1 saturated carbocycles. The molecule has 1 aromatic carbocycles. The second-order valence-electron chi connectivity index (χ2n) is 5.96. The van der Waals surface area contributed by atoms with E-state index in [1.165, 1.54) is 51.6 Å². The monoisotopic (exact) mass is 275 g/mol. The van der Waals surface area contributed by atoms with E-state index in [0.717, 1.165) is 24.2 Å². The first-order chi connectivity index (χ1) is 9.90. The topological polar surface area (TPSA) is 21.3 Å². The molecule has 2 unspecified atom stereocenters. The second kappa shape index (κ2) is 9.02. The largest absolute Gasteiger partial charge is 0.494 e. The summed E-state index contributed by atoms with van der Waals surface area (Å²) in [5.41, 5.74) is 0. The van der Waals surface area contributed by atoms with Gasteiger partial charge >= 0.3 is 0 Å². The van der Waals surface area contributed by atoms with Crippen molar-refractivity contribution in [1.29, 1.82) is 0 Å². The van der Waals surface area contributed by atoms with E-state index in [1.807, 2.05) is 30.3 Å². The van der Waals surface area contributed by atoms with Gasteiger partial charge in [0.1, 0.15) is 5.75 Å².